The van der Waals surface area contributed by atoms with Crippen molar-refractivity contribution in [3.8, 4) is 0 Å². The number of benzene rings is 1. The Morgan fingerprint density at radius 2 is 1.81 bits per heavy atom. The molecule has 0 fully saturated rings. The number of pyridine rings is 1. The first-order valence-corrected chi connectivity index (χ1v) is 5.47. The van der Waals surface area contributed by atoms with E-state index in [1.165, 1.54) is 5.56 Å². The molecule has 1 aromatic heterocycles. The molecule has 1 aromatic carbocycles. The van der Waals surface area contributed by atoms with Gasteiger partial charge in [0, 0.05) is 13.2 Å². The second kappa shape index (κ2) is 4.79. The number of hydrogen-bond donors (Lipinski definition) is 0. The second-order valence-electron chi connectivity index (χ2n) is 3.91. The SMILES string of the molecule is C[C@@H](c1ccccc1)N(C)c1cccnc1. The van der Waals surface area contributed by atoms with Crippen molar-refractivity contribution >= 4 is 5.69 Å². The summed E-state index contributed by atoms with van der Waals surface area (Å²) in [6.45, 7) is 2.20. The molecule has 2 heteroatoms. The van der Waals surface area contributed by atoms with Crippen LogP contribution in [0.3, 0.4) is 0 Å². The van der Waals surface area contributed by atoms with Gasteiger partial charge in [-0.15, -0.1) is 0 Å². The third-order valence-corrected chi connectivity index (χ3v) is 2.92. The van der Waals surface area contributed by atoms with E-state index in [-0.39, 0.29) is 0 Å². The molecule has 0 bridgehead atoms. The topological polar surface area (TPSA) is 16.1 Å². The third-order valence-electron chi connectivity index (χ3n) is 2.92. The highest BCUT2D eigenvalue weighted by Crippen LogP contribution is 2.23. The van der Waals surface area contributed by atoms with Crippen molar-refractivity contribution in [1.82, 2.24) is 4.98 Å². The lowest BCUT2D eigenvalue weighted by Crippen LogP contribution is -2.21. The number of aromatic nitrogens is 1. The van der Waals surface area contributed by atoms with Crippen LogP contribution in [-0.4, -0.2) is 12.0 Å². The van der Waals surface area contributed by atoms with Crippen molar-refractivity contribution in [2.24, 2.45) is 0 Å². The van der Waals surface area contributed by atoms with E-state index in [9.17, 15) is 0 Å². The highest BCUT2D eigenvalue weighted by molar-refractivity contribution is 5.45. The highest BCUT2D eigenvalue weighted by Gasteiger charge is 2.11. The Hall–Kier alpha value is -1.83. The van der Waals surface area contributed by atoms with E-state index in [1.54, 1.807) is 6.20 Å². The quantitative estimate of drug-likeness (QED) is 0.776. The largest absolute Gasteiger partial charge is 0.367 e. The maximum Gasteiger partial charge on any atom is 0.0555 e. The van der Waals surface area contributed by atoms with Gasteiger partial charge in [-0.1, -0.05) is 30.3 Å². The van der Waals surface area contributed by atoms with Gasteiger partial charge in [-0.25, -0.2) is 0 Å². The standard InChI is InChI=1S/C14H16N2/c1-12(13-7-4-3-5-8-13)16(2)14-9-6-10-15-11-14/h3-12H,1-2H3/t12-/m0/s1. The van der Waals surface area contributed by atoms with E-state index in [2.05, 4.69) is 54.2 Å². The molecule has 82 valence electrons. The van der Waals surface area contributed by atoms with E-state index in [1.807, 2.05) is 18.3 Å². The van der Waals surface area contributed by atoms with E-state index >= 15 is 0 Å². The summed E-state index contributed by atoms with van der Waals surface area (Å²) in [5.74, 6) is 0. The number of nitrogens with zero attached hydrogens (tertiary/aromatic N) is 2. The average Bonchev–Trinajstić information content (AvgIpc) is 2.39. The molecule has 0 saturated carbocycles. The van der Waals surface area contributed by atoms with Gasteiger partial charge in [0.2, 0.25) is 0 Å². The number of hydrogen-bond acceptors (Lipinski definition) is 2. The molecule has 0 aliphatic rings. The van der Waals surface area contributed by atoms with Gasteiger partial charge in [-0.05, 0) is 24.6 Å². The number of rotatable bonds is 3. The lowest BCUT2D eigenvalue weighted by atomic mass is 10.1. The lowest BCUT2D eigenvalue weighted by Gasteiger charge is -2.27. The van der Waals surface area contributed by atoms with Crippen molar-refractivity contribution in [2.75, 3.05) is 11.9 Å². The minimum atomic E-state index is 0.352. The summed E-state index contributed by atoms with van der Waals surface area (Å²) in [5.41, 5.74) is 2.45. The van der Waals surface area contributed by atoms with Crippen molar-refractivity contribution in [2.45, 2.75) is 13.0 Å². The fourth-order valence-electron chi connectivity index (χ4n) is 1.74. The minimum Gasteiger partial charge on any atom is -0.367 e. The van der Waals surface area contributed by atoms with E-state index in [4.69, 9.17) is 0 Å². The molecule has 0 N–H and O–H groups in total. The molecule has 0 aliphatic heterocycles. The Morgan fingerprint density at radius 1 is 1.06 bits per heavy atom. The Bertz CT molecular complexity index is 382. The molecule has 2 aromatic rings. The first-order valence-electron chi connectivity index (χ1n) is 5.47. The van der Waals surface area contributed by atoms with Crippen LogP contribution in [-0.2, 0) is 0 Å². The maximum atomic E-state index is 4.14. The summed E-state index contributed by atoms with van der Waals surface area (Å²) in [6, 6.07) is 14.9. The molecule has 0 radical (unpaired) electrons. The first-order chi connectivity index (χ1) is 7.79. The van der Waals surface area contributed by atoms with Crippen molar-refractivity contribution in [3.05, 3.63) is 60.4 Å². The predicted octanol–water partition coefficient (Wildman–Crippen LogP) is 3.28. The van der Waals surface area contributed by atoms with Gasteiger partial charge in [-0.2, -0.15) is 0 Å². The zero-order chi connectivity index (χ0) is 11.4. The summed E-state index contributed by atoms with van der Waals surface area (Å²) in [4.78, 5) is 6.36. The van der Waals surface area contributed by atoms with Crippen LogP contribution in [0.25, 0.3) is 0 Å². The van der Waals surface area contributed by atoms with Crippen LogP contribution in [0.4, 0.5) is 5.69 Å². The molecule has 0 saturated heterocycles. The van der Waals surface area contributed by atoms with Crippen molar-refractivity contribution in [1.29, 1.82) is 0 Å². The average molecular weight is 212 g/mol. The third kappa shape index (κ3) is 2.22. The Morgan fingerprint density at radius 3 is 2.44 bits per heavy atom. The molecular weight excluding hydrogens is 196 g/mol. The minimum absolute atomic E-state index is 0.352. The normalized spacial score (nSPS) is 12.1. The van der Waals surface area contributed by atoms with E-state index in [0.717, 1.165) is 5.69 Å². The van der Waals surface area contributed by atoms with Gasteiger partial charge in [0.15, 0.2) is 0 Å². The van der Waals surface area contributed by atoms with Crippen LogP contribution in [0.5, 0.6) is 0 Å². The predicted molar refractivity (Wildman–Crippen MR) is 67.5 cm³/mol. The van der Waals surface area contributed by atoms with Gasteiger partial charge in [0.05, 0.1) is 17.9 Å². The Labute approximate surface area is 96.6 Å². The van der Waals surface area contributed by atoms with Crippen LogP contribution in [0.15, 0.2) is 54.9 Å². The van der Waals surface area contributed by atoms with Crippen LogP contribution in [0.1, 0.15) is 18.5 Å². The summed E-state index contributed by atoms with van der Waals surface area (Å²) in [6.07, 6.45) is 3.68. The summed E-state index contributed by atoms with van der Waals surface area (Å²) < 4.78 is 0. The van der Waals surface area contributed by atoms with Gasteiger partial charge in [-0.3, -0.25) is 4.98 Å². The molecule has 0 spiro atoms. The maximum absolute atomic E-state index is 4.14. The van der Waals surface area contributed by atoms with E-state index < -0.39 is 0 Å². The molecular formula is C14H16N2. The van der Waals surface area contributed by atoms with Gasteiger partial charge >= 0.3 is 0 Å². The first kappa shape index (κ1) is 10.7. The molecule has 0 amide bonds. The molecule has 1 heterocycles. The molecule has 2 nitrogen and oxygen atoms in total. The Kier molecular flexibility index (Phi) is 3.20. The molecule has 16 heavy (non-hydrogen) atoms. The number of anilines is 1. The molecule has 1 atom stereocenters. The van der Waals surface area contributed by atoms with Crippen LogP contribution >= 0.6 is 0 Å². The van der Waals surface area contributed by atoms with Crippen molar-refractivity contribution < 1.29 is 0 Å². The molecule has 0 unspecified atom stereocenters. The van der Waals surface area contributed by atoms with Crippen LogP contribution < -0.4 is 4.90 Å². The van der Waals surface area contributed by atoms with Crippen molar-refractivity contribution in [3.63, 3.8) is 0 Å². The zero-order valence-electron chi connectivity index (χ0n) is 9.67. The molecule has 0 aliphatic carbocycles. The summed E-state index contributed by atoms with van der Waals surface area (Å²) in [7, 11) is 2.09. The smallest absolute Gasteiger partial charge is 0.0555 e. The van der Waals surface area contributed by atoms with Gasteiger partial charge in [0.1, 0.15) is 0 Å². The fourth-order valence-corrected chi connectivity index (χ4v) is 1.74. The van der Waals surface area contributed by atoms with E-state index in [0.29, 0.717) is 6.04 Å². The second-order valence-corrected chi connectivity index (χ2v) is 3.91. The molecule has 2 rings (SSSR count). The zero-order valence-corrected chi connectivity index (χ0v) is 9.67. The summed E-state index contributed by atoms with van der Waals surface area (Å²) >= 11 is 0. The van der Waals surface area contributed by atoms with Gasteiger partial charge in [0.25, 0.3) is 0 Å². The lowest BCUT2D eigenvalue weighted by molar-refractivity contribution is 0.738. The van der Waals surface area contributed by atoms with Crippen LogP contribution in [0, 0.1) is 0 Å². The highest BCUT2D eigenvalue weighted by atomic mass is 15.1. The fraction of sp³-hybridized carbons (Fsp3) is 0.214. The Balaban J connectivity index is 2.20. The van der Waals surface area contributed by atoms with Crippen LogP contribution in [0.2, 0.25) is 0 Å². The summed E-state index contributed by atoms with van der Waals surface area (Å²) in [5, 5.41) is 0. The monoisotopic (exact) mass is 212 g/mol. The van der Waals surface area contributed by atoms with Gasteiger partial charge < -0.3 is 4.90 Å².